The van der Waals surface area contributed by atoms with Crippen LogP contribution in [0.4, 0.5) is 10.5 Å². The molecule has 7 heteroatoms. The molecule has 1 aliphatic heterocycles. The van der Waals surface area contributed by atoms with Crippen LogP contribution in [-0.4, -0.2) is 24.5 Å². The van der Waals surface area contributed by atoms with Gasteiger partial charge < -0.3 is 4.74 Å². The number of anilines is 1. The number of nitrogens with one attached hydrogen (secondary N) is 1. The molecule has 0 spiro atoms. The molecular weight excluding hydrogens is 380 g/mol. The number of rotatable bonds is 4. The Hall–Kier alpha value is -3.56. The first kappa shape index (κ1) is 19.2. The number of hydrogen-bond donors (Lipinski definition) is 1. The van der Waals surface area contributed by atoms with Crippen LogP contribution < -0.4 is 15.0 Å². The molecule has 0 saturated carbocycles. The van der Waals surface area contributed by atoms with E-state index < -0.39 is 17.8 Å². The van der Waals surface area contributed by atoms with Gasteiger partial charge in [-0.3, -0.25) is 14.9 Å². The van der Waals surface area contributed by atoms with Crippen LogP contribution in [0.25, 0.3) is 6.08 Å². The molecule has 1 saturated heterocycles. The smallest absolute Gasteiger partial charge is 0.335 e. The Balaban J connectivity index is 2.03. The van der Waals surface area contributed by atoms with Gasteiger partial charge >= 0.3 is 6.03 Å². The molecule has 0 unspecified atom stereocenters. The maximum Gasteiger partial charge on any atom is 0.335 e. The van der Waals surface area contributed by atoms with Crippen LogP contribution in [0.3, 0.4) is 0 Å². The van der Waals surface area contributed by atoms with Crippen LogP contribution >= 0.6 is 11.6 Å². The zero-order chi connectivity index (χ0) is 20.3. The molecule has 6 nitrogen and oxygen atoms in total. The van der Waals surface area contributed by atoms with Crippen molar-refractivity contribution < 1.29 is 19.1 Å². The Labute approximate surface area is 166 Å². The Morgan fingerprint density at radius 2 is 1.89 bits per heavy atom. The van der Waals surface area contributed by atoms with Crippen molar-refractivity contribution in [1.82, 2.24) is 5.32 Å². The van der Waals surface area contributed by atoms with E-state index in [0.29, 0.717) is 22.0 Å². The number of ether oxygens (including phenoxy) is 1. The van der Waals surface area contributed by atoms with E-state index in [1.165, 1.54) is 12.1 Å². The number of barbiturate groups is 1. The Morgan fingerprint density at radius 1 is 1.18 bits per heavy atom. The molecule has 0 aromatic heterocycles. The van der Waals surface area contributed by atoms with Crippen molar-refractivity contribution in [3.8, 4) is 18.1 Å². The SMILES string of the molecule is C#CCOc1ccc(Cl)cc1/C=C1\C(=O)NC(=O)N(c2ccc(C)cc2)C1=O. The number of carbonyl (C=O) groups is 3. The highest BCUT2D eigenvalue weighted by atomic mass is 35.5. The Morgan fingerprint density at radius 3 is 2.57 bits per heavy atom. The maximum absolute atomic E-state index is 12.9. The highest BCUT2D eigenvalue weighted by molar-refractivity contribution is 6.39. The molecule has 0 bridgehead atoms. The third-order valence-corrected chi connectivity index (χ3v) is 4.21. The molecule has 1 heterocycles. The first-order valence-electron chi connectivity index (χ1n) is 8.24. The maximum atomic E-state index is 12.9. The number of carbonyl (C=O) groups excluding carboxylic acids is 3. The summed E-state index contributed by atoms with van der Waals surface area (Å²) in [4.78, 5) is 38.4. The monoisotopic (exact) mass is 394 g/mol. The summed E-state index contributed by atoms with van der Waals surface area (Å²) in [5, 5.41) is 2.56. The summed E-state index contributed by atoms with van der Waals surface area (Å²) in [5.74, 6) is 1.14. The molecule has 140 valence electrons. The summed E-state index contributed by atoms with van der Waals surface area (Å²) in [6.07, 6.45) is 6.54. The molecule has 0 atom stereocenters. The van der Waals surface area contributed by atoms with Crippen LogP contribution in [0.15, 0.2) is 48.0 Å². The van der Waals surface area contributed by atoms with Crippen LogP contribution in [0.2, 0.25) is 5.02 Å². The van der Waals surface area contributed by atoms with Gasteiger partial charge in [0.05, 0.1) is 5.69 Å². The third-order valence-electron chi connectivity index (χ3n) is 3.98. The van der Waals surface area contributed by atoms with Gasteiger partial charge in [-0.1, -0.05) is 35.2 Å². The molecule has 0 aliphatic carbocycles. The molecule has 1 fully saturated rings. The fourth-order valence-corrected chi connectivity index (χ4v) is 2.80. The number of imide groups is 2. The third kappa shape index (κ3) is 3.90. The van der Waals surface area contributed by atoms with Crippen molar-refractivity contribution in [3.05, 3.63) is 64.2 Å². The van der Waals surface area contributed by atoms with Crippen LogP contribution in [0.1, 0.15) is 11.1 Å². The number of aryl methyl sites for hydroxylation is 1. The molecule has 0 radical (unpaired) electrons. The molecule has 28 heavy (non-hydrogen) atoms. The van der Waals surface area contributed by atoms with Gasteiger partial charge in [-0.15, -0.1) is 6.42 Å². The summed E-state index contributed by atoms with van der Waals surface area (Å²) in [7, 11) is 0. The van der Waals surface area contributed by atoms with E-state index in [-0.39, 0.29) is 12.2 Å². The quantitative estimate of drug-likeness (QED) is 0.490. The predicted octanol–water partition coefficient (Wildman–Crippen LogP) is 3.33. The summed E-state index contributed by atoms with van der Waals surface area (Å²) in [6, 6.07) is 10.7. The van der Waals surface area contributed by atoms with Crippen molar-refractivity contribution in [1.29, 1.82) is 0 Å². The van der Waals surface area contributed by atoms with E-state index >= 15 is 0 Å². The number of nitrogens with zero attached hydrogens (tertiary/aromatic N) is 1. The van der Waals surface area contributed by atoms with Gasteiger partial charge in [-0.2, -0.15) is 0 Å². The Bertz CT molecular complexity index is 1040. The largest absolute Gasteiger partial charge is 0.480 e. The van der Waals surface area contributed by atoms with Crippen molar-refractivity contribution in [2.24, 2.45) is 0 Å². The number of hydrogen-bond acceptors (Lipinski definition) is 4. The fraction of sp³-hybridized carbons (Fsp3) is 0.0952. The van der Waals surface area contributed by atoms with Crippen molar-refractivity contribution in [3.63, 3.8) is 0 Å². The molecular formula is C21H15ClN2O4. The second kappa shape index (κ2) is 7.99. The molecule has 2 aromatic rings. The van der Waals surface area contributed by atoms with Crippen LogP contribution in [0.5, 0.6) is 5.75 Å². The van der Waals surface area contributed by atoms with Crippen molar-refractivity contribution >= 4 is 41.2 Å². The number of benzene rings is 2. The Kier molecular flexibility index (Phi) is 5.48. The van der Waals surface area contributed by atoms with Gasteiger partial charge in [0, 0.05) is 10.6 Å². The molecule has 1 aliphatic rings. The number of halogens is 1. The van der Waals surface area contributed by atoms with Gasteiger partial charge in [0.1, 0.15) is 17.9 Å². The molecule has 2 aromatic carbocycles. The van der Waals surface area contributed by atoms with Crippen molar-refractivity contribution in [2.45, 2.75) is 6.92 Å². The topological polar surface area (TPSA) is 75.7 Å². The number of terminal acetylenes is 1. The second-order valence-corrected chi connectivity index (χ2v) is 6.40. The van der Waals surface area contributed by atoms with Gasteiger partial charge in [0.15, 0.2) is 0 Å². The average molecular weight is 395 g/mol. The zero-order valence-corrected chi connectivity index (χ0v) is 15.6. The van der Waals surface area contributed by atoms with Gasteiger partial charge in [0.2, 0.25) is 0 Å². The lowest BCUT2D eigenvalue weighted by atomic mass is 10.1. The van der Waals surface area contributed by atoms with Crippen LogP contribution in [0, 0.1) is 19.3 Å². The molecule has 4 amide bonds. The van der Waals surface area contributed by atoms with Gasteiger partial charge in [0.25, 0.3) is 11.8 Å². The zero-order valence-electron chi connectivity index (χ0n) is 14.9. The summed E-state index contributed by atoms with van der Waals surface area (Å²) < 4.78 is 5.44. The average Bonchev–Trinajstić information content (AvgIpc) is 2.66. The number of amides is 4. The molecule has 3 rings (SSSR count). The van der Waals surface area contributed by atoms with E-state index in [2.05, 4.69) is 11.2 Å². The lowest BCUT2D eigenvalue weighted by Gasteiger charge is -2.26. The summed E-state index contributed by atoms with van der Waals surface area (Å²) in [5.41, 5.74) is 1.48. The summed E-state index contributed by atoms with van der Waals surface area (Å²) in [6.45, 7) is 1.89. The lowest BCUT2D eigenvalue weighted by Crippen LogP contribution is -2.54. The summed E-state index contributed by atoms with van der Waals surface area (Å²) >= 11 is 6.03. The lowest BCUT2D eigenvalue weighted by molar-refractivity contribution is -0.122. The minimum absolute atomic E-state index is 0.00588. The first-order valence-corrected chi connectivity index (χ1v) is 8.62. The van der Waals surface area contributed by atoms with E-state index in [9.17, 15) is 14.4 Å². The van der Waals surface area contributed by atoms with E-state index in [1.807, 2.05) is 6.92 Å². The second-order valence-electron chi connectivity index (χ2n) is 5.97. The normalized spacial score (nSPS) is 15.4. The van der Waals surface area contributed by atoms with E-state index in [0.717, 1.165) is 10.5 Å². The molecule has 1 N–H and O–H groups in total. The predicted molar refractivity (Wildman–Crippen MR) is 106 cm³/mol. The minimum atomic E-state index is -0.814. The van der Waals surface area contributed by atoms with E-state index in [4.69, 9.17) is 22.8 Å². The van der Waals surface area contributed by atoms with Gasteiger partial charge in [-0.05, 0) is 43.3 Å². The minimum Gasteiger partial charge on any atom is -0.480 e. The standard InChI is InChI=1S/C21H15ClN2O4/c1-3-10-28-18-9-6-15(22)11-14(18)12-17-19(25)23-21(27)24(20(17)26)16-7-4-13(2)5-8-16/h1,4-9,11-12H,10H2,2H3,(H,23,25,27)/b17-12+. The first-order chi connectivity index (χ1) is 13.4. The fourth-order valence-electron chi connectivity index (χ4n) is 2.62. The van der Waals surface area contributed by atoms with Gasteiger partial charge in [-0.25, -0.2) is 9.69 Å². The van der Waals surface area contributed by atoms with Crippen LogP contribution in [-0.2, 0) is 9.59 Å². The highest BCUT2D eigenvalue weighted by Crippen LogP contribution is 2.28. The van der Waals surface area contributed by atoms with Crippen molar-refractivity contribution in [2.75, 3.05) is 11.5 Å². The number of urea groups is 1. The highest BCUT2D eigenvalue weighted by Gasteiger charge is 2.36. The van der Waals surface area contributed by atoms with E-state index in [1.54, 1.807) is 36.4 Å².